The summed E-state index contributed by atoms with van der Waals surface area (Å²) in [6, 6.07) is 15.4. The Balaban J connectivity index is 1.50. The summed E-state index contributed by atoms with van der Waals surface area (Å²) in [6.45, 7) is 8.38. The molecule has 0 spiro atoms. The van der Waals surface area contributed by atoms with Crippen molar-refractivity contribution in [2.24, 2.45) is 0 Å². The Morgan fingerprint density at radius 3 is 2.45 bits per heavy atom. The summed E-state index contributed by atoms with van der Waals surface area (Å²) < 4.78 is 17.8. The number of alkyl carbamates (subject to hydrolysis) is 1. The molecule has 7 heteroatoms. The molecule has 1 heterocycles. The monoisotopic (exact) mass is 447 g/mol. The average molecular weight is 447 g/mol. The number of amides is 1. The van der Waals surface area contributed by atoms with Crippen molar-refractivity contribution in [1.29, 1.82) is 0 Å². The summed E-state index contributed by atoms with van der Waals surface area (Å²) in [5, 5.41) is 2.82. The van der Waals surface area contributed by atoms with Crippen LogP contribution in [0.15, 0.2) is 54.0 Å². The van der Waals surface area contributed by atoms with Crippen LogP contribution in [-0.4, -0.2) is 36.7 Å². The summed E-state index contributed by atoms with van der Waals surface area (Å²) in [5.41, 5.74) is 3.47. The first-order valence-electron chi connectivity index (χ1n) is 11.3. The van der Waals surface area contributed by atoms with E-state index in [1.807, 2.05) is 82.3 Å². The fourth-order valence-electron chi connectivity index (χ4n) is 3.92. The Hall–Kier alpha value is -2.90. The number of carbonyl (C=O) groups is 2. The molecule has 0 atom stereocenters. The molecule has 1 fully saturated rings. The number of hydrogen-bond donors (Lipinski definition) is 1. The second-order valence-corrected chi connectivity index (χ2v) is 9.56. The Kier molecular flexibility index (Phi) is 6.46. The van der Waals surface area contributed by atoms with Crippen molar-refractivity contribution >= 4 is 25.1 Å². The molecule has 0 aromatic heterocycles. The quantitative estimate of drug-likeness (QED) is 0.647. The summed E-state index contributed by atoms with van der Waals surface area (Å²) in [6.07, 6.45) is 2.76. The van der Waals surface area contributed by atoms with E-state index in [4.69, 9.17) is 14.0 Å². The van der Waals surface area contributed by atoms with Gasteiger partial charge in [-0.05, 0) is 56.3 Å². The lowest BCUT2D eigenvalue weighted by atomic mass is 9.77. The van der Waals surface area contributed by atoms with Gasteiger partial charge in [0.2, 0.25) is 0 Å². The van der Waals surface area contributed by atoms with Gasteiger partial charge in [0.25, 0.3) is 0 Å². The van der Waals surface area contributed by atoms with Crippen molar-refractivity contribution in [3.8, 4) is 0 Å². The third-order valence-corrected chi connectivity index (χ3v) is 6.61. The number of ether oxygens (including phenoxy) is 1. The highest BCUT2D eigenvalue weighted by Crippen LogP contribution is 2.39. The third kappa shape index (κ3) is 5.20. The highest BCUT2D eigenvalue weighted by Gasteiger charge is 2.52. The van der Waals surface area contributed by atoms with Crippen LogP contribution in [0.2, 0.25) is 0 Å². The van der Waals surface area contributed by atoms with Crippen LogP contribution in [0.25, 0.3) is 6.08 Å². The van der Waals surface area contributed by atoms with Crippen molar-refractivity contribution in [2.45, 2.75) is 58.3 Å². The van der Waals surface area contributed by atoms with Gasteiger partial charge in [0.1, 0.15) is 6.61 Å². The van der Waals surface area contributed by atoms with Crippen molar-refractivity contribution in [2.75, 3.05) is 6.54 Å². The van der Waals surface area contributed by atoms with Crippen LogP contribution in [0.3, 0.4) is 0 Å². The lowest BCUT2D eigenvalue weighted by Crippen LogP contribution is -2.41. The minimum Gasteiger partial charge on any atom is -0.445 e. The van der Waals surface area contributed by atoms with E-state index in [0.717, 1.165) is 34.1 Å². The van der Waals surface area contributed by atoms with Crippen molar-refractivity contribution in [3.05, 3.63) is 76.3 Å². The number of Topliss-reactive ketones (excluding diaryl/α,β-unsaturated/α-hetero) is 1. The smallest absolute Gasteiger partial charge is 0.445 e. The molecule has 0 bridgehead atoms. The average Bonchev–Trinajstić information content (AvgIpc) is 3.25. The third-order valence-electron chi connectivity index (χ3n) is 6.61. The van der Waals surface area contributed by atoms with Gasteiger partial charge in [0, 0.05) is 18.5 Å². The van der Waals surface area contributed by atoms with Crippen molar-refractivity contribution < 1.29 is 23.6 Å². The normalized spacial score (nSPS) is 18.8. The maximum Gasteiger partial charge on any atom is 0.492 e. The predicted molar refractivity (Wildman–Crippen MR) is 128 cm³/mol. The van der Waals surface area contributed by atoms with Crippen LogP contribution in [0.1, 0.15) is 61.2 Å². The van der Waals surface area contributed by atoms with E-state index in [9.17, 15) is 9.59 Å². The highest BCUT2D eigenvalue weighted by atomic mass is 16.7. The first kappa shape index (κ1) is 23.3. The minimum atomic E-state index is -0.612. The molecule has 1 aliphatic heterocycles. The van der Waals surface area contributed by atoms with Gasteiger partial charge in [-0.2, -0.15) is 0 Å². The van der Waals surface area contributed by atoms with Gasteiger partial charge in [0.15, 0.2) is 5.78 Å². The highest BCUT2D eigenvalue weighted by molar-refractivity contribution is 6.56. The molecular formula is C26H30BNO5. The fraction of sp³-hybridized carbons (Fsp3) is 0.385. The van der Waals surface area contributed by atoms with Crippen molar-refractivity contribution in [3.63, 3.8) is 0 Å². The van der Waals surface area contributed by atoms with Crippen LogP contribution in [0.5, 0.6) is 0 Å². The molecular weight excluding hydrogens is 417 g/mol. The number of ketones is 1. The molecule has 4 rings (SSSR count). The van der Waals surface area contributed by atoms with Gasteiger partial charge in [0.05, 0.1) is 11.2 Å². The molecule has 1 amide bonds. The van der Waals surface area contributed by atoms with Crippen molar-refractivity contribution in [1.82, 2.24) is 5.32 Å². The van der Waals surface area contributed by atoms with E-state index >= 15 is 0 Å². The Morgan fingerprint density at radius 1 is 1.06 bits per heavy atom. The van der Waals surface area contributed by atoms with Crippen LogP contribution in [0.4, 0.5) is 4.79 Å². The van der Waals surface area contributed by atoms with Gasteiger partial charge in [-0.25, -0.2) is 4.79 Å². The molecule has 33 heavy (non-hydrogen) atoms. The maximum atomic E-state index is 12.4. The van der Waals surface area contributed by atoms with E-state index < -0.39 is 24.4 Å². The number of aryl methyl sites for hydroxylation is 1. The molecule has 1 aliphatic carbocycles. The maximum absolute atomic E-state index is 12.4. The van der Waals surface area contributed by atoms with Crippen LogP contribution >= 0.6 is 0 Å². The first-order valence-corrected chi connectivity index (χ1v) is 11.3. The van der Waals surface area contributed by atoms with E-state index in [0.29, 0.717) is 6.42 Å². The summed E-state index contributed by atoms with van der Waals surface area (Å²) in [4.78, 5) is 24.3. The zero-order chi connectivity index (χ0) is 23.6. The topological polar surface area (TPSA) is 73.9 Å². The molecule has 0 unspecified atom stereocenters. The second-order valence-electron chi connectivity index (χ2n) is 9.56. The molecule has 2 aromatic carbocycles. The molecule has 2 aliphatic rings. The van der Waals surface area contributed by atoms with Gasteiger partial charge in [-0.15, -0.1) is 0 Å². The van der Waals surface area contributed by atoms with Crippen LogP contribution < -0.4 is 5.32 Å². The van der Waals surface area contributed by atoms with Gasteiger partial charge in [-0.1, -0.05) is 54.6 Å². The summed E-state index contributed by atoms with van der Waals surface area (Å²) >= 11 is 0. The number of nitrogens with one attached hydrogen (secondary N) is 1. The van der Waals surface area contributed by atoms with Gasteiger partial charge >= 0.3 is 13.2 Å². The summed E-state index contributed by atoms with van der Waals surface area (Å²) in [5.74, 6) is 0.189. The zero-order valence-electron chi connectivity index (χ0n) is 19.6. The minimum absolute atomic E-state index is 0.189. The molecule has 0 saturated carbocycles. The number of rotatable bonds is 6. The molecule has 6 nitrogen and oxygen atoms in total. The van der Waals surface area contributed by atoms with Gasteiger partial charge < -0.3 is 19.4 Å². The standard InChI is InChI=1S/C26H30BNO5/c1-25(2)26(3,4)33-27(32-25)21(15-19-10-12-22-20(14-19)11-13-23(22)29)16-28-24(30)31-17-18-8-6-5-7-9-18/h5-10,12,14-15H,11,13,16-17H2,1-4H3,(H,28,30). The van der Waals surface area contributed by atoms with Crippen LogP contribution in [0, 0.1) is 0 Å². The molecule has 0 radical (unpaired) electrons. The lowest BCUT2D eigenvalue weighted by Gasteiger charge is -2.32. The Bertz CT molecular complexity index is 1060. The van der Waals surface area contributed by atoms with E-state index in [2.05, 4.69) is 5.32 Å². The predicted octanol–water partition coefficient (Wildman–Crippen LogP) is 4.76. The molecule has 1 saturated heterocycles. The Labute approximate surface area is 195 Å². The van der Waals surface area contributed by atoms with E-state index in [-0.39, 0.29) is 18.9 Å². The Morgan fingerprint density at radius 2 is 1.76 bits per heavy atom. The zero-order valence-corrected chi connectivity index (χ0v) is 19.6. The number of benzene rings is 2. The first-order chi connectivity index (χ1) is 15.6. The number of carbonyl (C=O) groups excluding carboxylic acids is 2. The van der Waals surface area contributed by atoms with E-state index in [1.165, 1.54) is 0 Å². The summed E-state index contributed by atoms with van der Waals surface area (Å²) in [7, 11) is -0.612. The molecule has 2 aromatic rings. The number of fused-ring (bicyclic) bond motifs is 1. The number of hydrogen-bond acceptors (Lipinski definition) is 5. The van der Waals surface area contributed by atoms with Gasteiger partial charge in [-0.3, -0.25) is 4.79 Å². The van der Waals surface area contributed by atoms with E-state index in [1.54, 1.807) is 0 Å². The molecule has 172 valence electrons. The second kappa shape index (κ2) is 9.16. The molecule has 1 N–H and O–H groups in total. The lowest BCUT2D eigenvalue weighted by molar-refractivity contribution is 0.00578. The SMILES string of the molecule is CC1(C)OB(C(=Cc2ccc3c(c2)CCC3=O)CNC(=O)OCc2ccccc2)OC1(C)C. The largest absolute Gasteiger partial charge is 0.492 e. The fourth-order valence-corrected chi connectivity index (χ4v) is 3.92. The van der Waals surface area contributed by atoms with Crippen LogP contribution in [-0.2, 0) is 27.1 Å².